The number of carbonyl (C=O) groups excluding carboxylic acids is 1. The Kier molecular flexibility index (Phi) is 5.03. The molecule has 0 radical (unpaired) electrons. The van der Waals surface area contributed by atoms with E-state index in [0.717, 1.165) is 12.1 Å². The number of hydrogen-bond donors (Lipinski definition) is 1. The molecule has 9 heteroatoms. The Morgan fingerprint density at radius 1 is 0.917 bits per heavy atom. The molecule has 0 heterocycles. The van der Waals surface area contributed by atoms with Crippen LogP contribution in [0.25, 0.3) is 0 Å². The quantitative estimate of drug-likeness (QED) is 0.519. The number of nitrogens with one attached hydrogen (secondary N) is 1. The van der Waals surface area contributed by atoms with Crippen molar-refractivity contribution < 1.29 is 26.4 Å². The number of anilines is 1. The Morgan fingerprint density at radius 2 is 1.42 bits per heavy atom. The highest BCUT2D eigenvalue weighted by Crippen LogP contribution is 2.22. The zero-order valence-electron chi connectivity index (χ0n) is 12.0. The summed E-state index contributed by atoms with van der Waals surface area (Å²) < 4.78 is 62.9. The molecule has 24 heavy (non-hydrogen) atoms. The van der Waals surface area contributed by atoms with E-state index in [1.165, 1.54) is 30.3 Å². The van der Waals surface area contributed by atoms with E-state index >= 15 is 0 Å². The number of carbonyl (C=O) groups is 1. The highest BCUT2D eigenvalue weighted by atomic mass is 32.2. The number of nitrogens with zero attached hydrogens (tertiary/aromatic N) is 1. The molecule has 0 saturated heterocycles. The van der Waals surface area contributed by atoms with Crippen molar-refractivity contribution in [2.45, 2.75) is 11.1 Å². The van der Waals surface area contributed by atoms with Crippen LogP contribution in [0.2, 0.25) is 0 Å². The number of hydrazone groups is 1. The molecule has 5 nitrogen and oxygen atoms in total. The third-order valence-corrected chi connectivity index (χ3v) is 4.50. The Labute approximate surface area is 135 Å². The summed E-state index contributed by atoms with van der Waals surface area (Å²) in [5.41, 5.74) is 2.39. The van der Waals surface area contributed by atoms with E-state index < -0.39 is 31.7 Å². The first kappa shape index (κ1) is 17.7. The topological polar surface area (TPSA) is 75.6 Å². The Morgan fingerprint density at radius 3 is 1.92 bits per heavy atom. The van der Waals surface area contributed by atoms with Gasteiger partial charge in [0.25, 0.3) is 5.78 Å². The number of ketones is 1. The molecule has 0 aromatic heterocycles. The Hall–Kier alpha value is -2.68. The lowest BCUT2D eigenvalue weighted by Gasteiger charge is -2.10. The molecule has 0 unspecified atom stereocenters. The smallest absolute Gasteiger partial charge is 0.281 e. The van der Waals surface area contributed by atoms with E-state index in [-0.39, 0.29) is 5.69 Å². The van der Waals surface area contributed by atoms with E-state index in [1.807, 2.05) is 0 Å². The van der Waals surface area contributed by atoms with Gasteiger partial charge in [0.1, 0.15) is 0 Å². The summed E-state index contributed by atoms with van der Waals surface area (Å²) in [6.07, 6.45) is -5.38. The van der Waals surface area contributed by atoms with Crippen LogP contribution in [-0.2, 0) is 14.6 Å². The molecule has 0 aliphatic carbocycles. The SMILES string of the molecule is O=C(/C(=N\Nc1ccccc1)S(=O)(=O)c1ccccc1)C(F)(F)F. The van der Waals surface area contributed by atoms with Crippen LogP contribution >= 0.6 is 0 Å². The fraction of sp³-hybridized carbons (Fsp3) is 0.0667. The summed E-state index contributed by atoms with van der Waals surface area (Å²) in [4.78, 5) is 11.1. The first-order valence-corrected chi connectivity index (χ1v) is 8.01. The summed E-state index contributed by atoms with van der Waals surface area (Å²) in [6.45, 7) is 0. The van der Waals surface area contributed by atoms with Crippen LogP contribution in [0.1, 0.15) is 0 Å². The second kappa shape index (κ2) is 6.83. The van der Waals surface area contributed by atoms with Crippen molar-refractivity contribution >= 4 is 26.4 Å². The number of hydrogen-bond acceptors (Lipinski definition) is 5. The molecule has 0 amide bonds. The fourth-order valence-electron chi connectivity index (χ4n) is 1.69. The van der Waals surface area contributed by atoms with E-state index in [2.05, 4.69) is 10.5 Å². The molecule has 0 spiro atoms. The van der Waals surface area contributed by atoms with E-state index in [9.17, 15) is 26.4 Å². The van der Waals surface area contributed by atoms with Gasteiger partial charge in [0.2, 0.25) is 14.9 Å². The van der Waals surface area contributed by atoms with Crippen molar-refractivity contribution in [1.29, 1.82) is 0 Å². The van der Waals surface area contributed by atoms with Crippen LogP contribution in [0.15, 0.2) is 70.7 Å². The van der Waals surface area contributed by atoms with Gasteiger partial charge in [-0.2, -0.15) is 18.3 Å². The van der Waals surface area contributed by atoms with Gasteiger partial charge in [-0.05, 0) is 24.3 Å². The van der Waals surface area contributed by atoms with Crippen molar-refractivity contribution in [3.63, 3.8) is 0 Å². The van der Waals surface area contributed by atoms with Crippen LogP contribution in [0, 0.1) is 0 Å². The van der Waals surface area contributed by atoms with Gasteiger partial charge in [-0.15, -0.1) is 0 Å². The molecule has 2 aromatic rings. The zero-order valence-corrected chi connectivity index (χ0v) is 12.8. The fourth-order valence-corrected chi connectivity index (χ4v) is 2.96. The van der Waals surface area contributed by atoms with Crippen molar-refractivity contribution in [1.82, 2.24) is 0 Å². The first-order valence-electron chi connectivity index (χ1n) is 6.53. The average molecular weight is 356 g/mol. The number of rotatable bonds is 4. The first-order chi connectivity index (χ1) is 11.2. The molecule has 0 atom stereocenters. The molecule has 0 bridgehead atoms. The number of sulfone groups is 1. The van der Waals surface area contributed by atoms with Crippen molar-refractivity contribution in [3.8, 4) is 0 Å². The summed E-state index contributed by atoms with van der Waals surface area (Å²) in [7, 11) is -4.74. The molecule has 1 N–H and O–H groups in total. The number of Topliss-reactive ketones (excluding diaryl/α,β-unsaturated/α-hetero) is 1. The number of benzene rings is 2. The summed E-state index contributed by atoms with van der Waals surface area (Å²) in [5, 5.41) is 1.60. The van der Waals surface area contributed by atoms with Crippen molar-refractivity contribution in [2.24, 2.45) is 5.10 Å². The number of halogens is 3. The maximum absolute atomic E-state index is 12.7. The highest BCUT2D eigenvalue weighted by Gasteiger charge is 2.47. The van der Waals surface area contributed by atoms with E-state index in [4.69, 9.17) is 0 Å². The van der Waals surface area contributed by atoms with Gasteiger partial charge in [0.05, 0.1) is 10.6 Å². The maximum Gasteiger partial charge on any atom is 0.457 e. The van der Waals surface area contributed by atoms with Crippen LogP contribution in [-0.4, -0.2) is 25.4 Å². The van der Waals surface area contributed by atoms with Crippen LogP contribution < -0.4 is 5.43 Å². The second-order valence-electron chi connectivity index (χ2n) is 4.54. The Balaban J connectivity index is 2.49. The van der Waals surface area contributed by atoms with Gasteiger partial charge in [-0.3, -0.25) is 10.2 Å². The molecule has 126 valence electrons. The minimum atomic E-state index is -5.38. The number of para-hydroxylation sites is 1. The lowest BCUT2D eigenvalue weighted by atomic mass is 10.3. The van der Waals surface area contributed by atoms with Crippen LogP contribution in [0.5, 0.6) is 0 Å². The molecule has 0 aliphatic heterocycles. The molecular weight excluding hydrogens is 345 g/mol. The van der Waals surface area contributed by atoms with E-state index in [1.54, 1.807) is 18.2 Å². The number of alkyl halides is 3. The van der Waals surface area contributed by atoms with Crippen LogP contribution in [0.3, 0.4) is 0 Å². The van der Waals surface area contributed by atoms with Crippen LogP contribution in [0.4, 0.5) is 18.9 Å². The Bertz CT molecular complexity index is 849. The van der Waals surface area contributed by atoms with Crippen molar-refractivity contribution in [3.05, 3.63) is 60.7 Å². The van der Waals surface area contributed by atoms with Gasteiger partial charge in [0, 0.05) is 0 Å². The summed E-state index contributed by atoms with van der Waals surface area (Å²) in [6, 6.07) is 14.0. The summed E-state index contributed by atoms with van der Waals surface area (Å²) >= 11 is 0. The minimum absolute atomic E-state index is 0.230. The third kappa shape index (κ3) is 3.99. The maximum atomic E-state index is 12.7. The zero-order chi connectivity index (χ0) is 17.8. The minimum Gasteiger partial charge on any atom is -0.281 e. The standard InChI is InChI=1S/C15H11F3N2O3S/c16-15(17,18)13(21)14(20-19-11-7-3-1-4-8-11)24(22,23)12-9-5-2-6-10-12/h1-10,19H/b20-14+. The van der Waals surface area contributed by atoms with Gasteiger partial charge >= 0.3 is 6.18 Å². The second-order valence-corrected chi connectivity index (χ2v) is 6.40. The lowest BCUT2D eigenvalue weighted by Crippen LogP contribution is -2.36. The molecule has 0 saturated carbocycles. The molecular formula is C15H11F3N2O3S. The molecule has 0 aliphatic rings. The highest BCUT2D eigenvalue weighted by molar-refractivity contribution is 8.08. The molecule has 2 aromatic carbocycles. The average Bonchev–Trinajstić information content (AvgIpc) is 2.55. The van der Waals surface area contributed by atoms with Gasteiger partial charge < -0.3 is 0 Å². The van der Waals surface area contributed by atoms with Gasteiger partial charge in [-0.25, -0.2) is 8.42 Å². The molecule has 0 fully saturated rings. The van der Waals surface area contributed by atoms with Gasteiger partial charge in [-0.1, -0.05) is 36.4 Å². The largest absolute Gasteiger partial charge is 0.457 e. The van der Waals surface area contributed by atoms with Gasteiger partial charge in [0.15, 0.2) is 0 Å². The molecule has 2 rings (SSSR count). The summed E-state index contributed by atoms with van der Waals surface area (Å²) in [5.74, 6) is -2.55. The van der Waals surface area contributed by atoms with E-state index in [0.29, 0.717) is 0 Å². The lowest BCUT2D eigenvalue weighted by molar-refractivity contribution is -0.162. The van der Waals surface area contributed by atoms with Crippen molar-refractivity contribution in [2.75, 3.05) is 5.43 Å². The predicted octanol–water partition coefficient (Wildman–Crippen LogP) is 3.02. The normalized spacial score (nSPS) is 12.7. The predicted molar refractivity (Wildman–Crippen MR) is 82.2 cm³/mol. The third-order valence-electron chi connectivity index (χ3n) is 2.82. The monoisotopic (exact) mass is 356 g/mol.